The molecular formula is C18H16Cl2N2O2. The van der Waals surface area contributed by atoms with Gasteiger partial charge in [0.2, 0.25) is 5.91 Å². The van der Waals surface area contributed by atoms with E-state index >= 15 is 0 Å². The SMILES string of the molecule is O=C(Nc1cc(Cl)ccc1Cl)c1ccc(N2CCCCC2=O)cc1. The van der Waals surface area contributed by atoms with Crippen LogP contribution in [-0.2, 0) is 4.79 Å². The molecule has 1 fully saturated rings. The minimum Gasteiger partial charge on any atom is -0.321 e. The number of piperidine rings is 1. The van der Waals surface area contributed by atoms with E-state index < -0.39 is 0 Å². The van der Waals surface area contributed by atoms with Gasteiger partial charge in [-0.3, -0.25) is 9.59 Å². The number of rotatable bonds is 3. The highest BCUT2D eigenvalue weighted by Crippen LogP contribution is 2.26. The Kier molecular flexibility index (Phi) is 5.07. The van der Waals surface area contributed by atoms with Crippen molar-refractivity contribution in [1.82, 2.24) is 0 Å². The van der Waals surface area contributed by atoms with Gasteiger partial charge in [-0.1, -0.05) is 23.2 Å². The van der Waals surface area contributed by atoms with Gasteiger partial charge >= 0.3 is 0 Å². The van der Waals surface area contributed by atoms with Crippen molar-refractivity contribution in [3.05, 3.63) is 58.1 Å². The van der Waals surface area contributed by atoms with Crippen LogP contribution in [0.15, 0.2) is 42.5 Å². The van der Waals surface area contributed by atoms with E-state index in [1.54, 1.807) is 47.4 Å². The lowest BCUT2D eigenvalue weighted by atomic mass is 10.1. The number of anilines is 2. The third-order valence-corrected chi connectivity index (χ3v) is 4.51. The fourth-order valence-electron chi connectivity index (χ4n) is 2.66. The summed E-state index contributed by atoms with van der Waals surface area (Å²) in [5, 5.41) is 3.65. The number of nitrogens with one attached hydrogen (secondary N) is 1. The van der Waals surface area contributed by atoms with Crippen LogP contribution < -0.4 is 10.2 Å². The van der Waals surface area contributed by atoms with Gasteiger partial charge in [-0.05, 0) is 55.3 Å². The molecule has 124 valence electrons. The summed E-state index contributed by atoms with van der Waals surface area (Å²) in [4.78, 5) is 26.0. The highest BCUT2D eigenvalue weighted by molar-refractivity contribution is 6.35. The Morgan fingerprint density at radius 1 is 1.04 bits per heavy atom. The number of carbonyl (C=O) groups is 2. The minimum absolute atomic E-state index is 0.129. The van der Waals surface area contributed by atoms with Crippen molar-refractivity contribution in [2.75, 3.05) is 16.8 Å². The van der Waals surface area contributed by atoms with Gasteiger partial charge in [0.05, 0.1) is 10.7 Å². The van der Waals surface area contributed by atoms with Crippen LogP contribution in [0, 0.1) is 0 Å². The molecule has 1 heterocycles. The van der Waals surface area contributed by atoms with E-state index in [-0.39, 0.29) is 11.8 Å². The van der Waals surface area contributed by atoms with E-state index in [1.807, 2.05) is 0 Å². The standard InChI is InChI=1S/C18H16Cl2N2O2/c19-13-6-9-15(20)16(11-13)21-18(24)12-4-7-14(8-5-12)22-10-2-1-3-17(22)23/h4-9,11H,1-3,10H2,(H,21,24). The zero-order valence-corrected chi connectivity index (χ0v) is 14.4. The first-order valence-electron chi connectivity index (χ1n) is 7.71. The number of benzene rings is 2. The Morgan fingerprint density at radius 2 is 1.79 bits per heavy atom. The van der Waals surface area contributed by atoms with Crippen molar-refractivity contribution in [2.24, 2.45) is 0 Å². The highest BCUT2D eigenvalue weighted by atomic mass is 35.5. The van der Waals surface area contributed by atoms with Crippen LogP contribution in [0.3, 0.4) is 0 Å². The molecule has 6 heteroatoms. The van der Waals surface area contributed by atoms with Crippen LogP contribution in [0.4, 0.5) is 11.4 Å². The second-order valence-electron chi connectivity index (χ2n) is 5.63. The van der Waals surface area contributed by atoms with E-state index in [0.717, 1.165) is 25.1 Å². The monoisotopic (exact) mass is 362 g/mol. The Hall–Kier alpha value is -2.04. The fraction of sp³-hybridized carbons (Fsp3) is 0.222. The van der Waals surface area contributed by atoms with Gasteiger partial charge in [-0.15, -0.1) is 0 Å². The molecular weight excluding hydrogens is 347 g/mol. The zero-order chi connectivity index (χ0) is 17.1. The van der Waals surface area contributed by atoms with Crippen LogP contribution in [0.1, 0.15) is 29.6 Å². The van der Waals surface area contributed by atoms with E-state index in [1.165, 1.54) is 0 Å². The number of hydrogen-bond acceptors (Lipinski definition) is 2. The molecule has 0 bridgehead atoms. The average Bonchev–Trinajstić information content (AvgIpc) is 2.59. The van der Waals surface area contributed by atoms with Gasteiger partial charge in [0.15, 0.2) is 0 Å². The number of nitrogens with zero attached hydrogens (tertiary/aromatic N) is 1. The molecule has 0 unspecified atom stereocenters. The topological polar surface area (TPSA) is 49.4 Å². The lowest BCUT2D eigenvalue weighted by molar-refractivity contribution is -0.119. The largest absolute Gasteiger partial charge is 0.321 e. The van der Waals surface area contributed by atoms with E-state index in [9.17, 15) is 9.59 Å². The van der Waals surface area contributed by atoms with Crippen molar-refractivity contribution in [1.29, 1.82) is 0 Å². The van der Waals surface area contributed by atoms with Crippen molar-refractivity contribution in [3.63, 3.8) is 0 Å². The molecule has 1 aliphatic rings. The van der Waals surface area contributed by atoms with Crippen LogP contribution in [0.25, 0.3) is 0 Å². The lowest BCUT2D eigenvalue weighted by Crippen LogP contribution is -2.35. The third-order valence-electron chi connectivity index (χ3n) is 3.94. The molecule has 2 aromatic rings. The molecule has 0 atom stereocenters. The van der Waals surface area contributed by atoms with Gasteiger partial charge in [0.1, 0.15) is 0 Å². The summed E-state index contributed by atoms with van der Waals surface area (Å²) in [7, 11) is 0. The number of carbonyl (C=O) groups excluding carboxylic acids is 2. The molecule has 3 rings (SSSR count). The summed E-state index contributed by atoms with van der Waals surface area (Å²) >= 11 is 12.0. The summed E-state index contributed by atoms with van der Waals surface area (Å²) in [6.45, 7) is 0.725. The normalized spacial score (nSPS) is 14.6. The molecule has 0 aliphatic carbocycles. The smallest absolute Gasteiger partial charge is 0.255 e. The van der Waals surface area contributed by atoms with Crippen molar-refractivity contribution >= 4 is 46.4 Å². The summed E-state index contributed by atoms with van der Waals surface area (Å²) in [6.07, 6.45) is 2.52. The quantitative estimate of drug-likeness (QED) is 0.855. The first-order valence-corrected chi connectivity index (χ1v) is 8.47. The van der Waals surface area contributed by atoms with Crippen molar-refractivity contribution < 1.29 is 9.59 Å². The zero-order valence-electron chi connectivity index (χ0n) is 12.9. The van der Waals surface area contributed by atoms with E-state index in [4.69, 9.17) is 23.2 Å². The fourth-order valence-corrected chi connectivity index (χ4v) is 3.00. The molecule has 1 saturated heterocycles. The van der Waals surface area contributed by atoms with Gasteiger partial charge in [-0.25, -0.2) is 0 Å². The second-order valence-corrected chi connectivity index (χ2v) is 6.47. The predicted octanol–water partition coefficient (Wildman–Crippen LogP) is 4.76. The van der Waals surface area contributed by atoms with E-state index in [2.05, 4.69) is 5.32 Å². The molecule has 1 aliphatic heterocycles. The number of hydrogen-bond donors (Lipinski definition) is 1. The van der Waals surface area contributed by atoms with Gasteiger partial charge in [0.25, 0.3) is 5.91 Å². The summed E-state index contributed by atoms with van der Waals surface area (Å²) in [5.74, 6) is -0.153. The van der Waals surface area contributed by atoms with Crippen LogP contribution in [0.5, 0.6) is 0 Å². The maximum atomic E-state index is 12.3. The molecule has 0 aromatic heterocycles. The lowest BCUT2D eigenvalue weighted by Gasteiger charge is -2.26. The Balaban J connectivity index is 1.74. The number of halogens is 2. The van der Waals surface area contributed by atoms with E-state index in [0.29, 0.717) is 27.7 Å². The molecule has 4 nitrogen and oxygen atoms in total. The van der Waals surface area contributed by atoms with Crippen LogP contribution in [0.2, 0.25) is 10.0 Å². The highest BCUT2D eigenvalue weighted by Gasteiger charge is 2.19. The Bertz CT molecular complexity index is 775. The molecule has 2 amide bonds. The maximum Gasteiger partial charge on any atom is 0.255 e. The predicted molar refractivity (Wildman–Crippen MR) is 97.1 cm³/mol. The summed E-state index contributed by atoms with van der Waals surface area (Å²) < 4.78 is 0. The molecule has 24 heavy (non-hydrogen) atoms. The molecule has 0 radical (unpaired) electrons. The average molecular weight is 363 g/mol. The van der Waals surface area contributed by atoms with Crippen LogP contribution >= 0.6 is 23.2 Å². The summed E-state index contributed by atoms with van der Waals surface area (Å²) in [5.41, 5.74) is 1.76. The van der Waals surface area contributed by atoms with Crippen molar-refractivity contribution in [2.45, 2.75) is 19.3 Å². The summed E-state index contributed by atoms with van der Waals surface area (Å²) in [6, 6.07) is 11.9. The maximum absolute atomic E-state index is 12.3. The van der Waals surface area contributed by atoms with Crippen molar-refractivity contribution in [3.8, 4) is 0 Å². The first kappa shape index (κ1) is 16.8. The van der Waals surface area contributed by atoms with Gasteiger partial charge < -0.3 is 10.2 Å². The Morgan fingerprint density at radius 3 is 2.50 bits per heavy atom. The Labute approximate surface area is 150 Å². The minimum atomic E-state index is -0.282. The van der Waals surface area contributed by atoms with Gasteiger partial charge in [-0.2, -0.15) is 0 Å². The molecule has 2 aromatic carbocycles. The first-order chi connectivity index (χ1) is 11.5. The van der Waals surface area contributed by atoms with Crippen LogP contribution in [-0.4, -0.2) is 18.4 Å². The number of amides is 2. The second kappa shape index (κ2) is 7.24. The molecule has 0 saturated carbocycles. The molecule has 0 spiro atoms. The third kappa shape index (κ3) is 3.71. The van der Waals surface area contributed by atoms with Gasteiger partial charge in [0, 0.05) is 29.2 Å². The molecule has 1 N–H and O–H groups in total.